The molecule has 0 amide bonds. The Balaban J connectivity index is 0.000000980. The molecule has 1 aromatic rings. The second-order valence-electron chi connectivity index (χ2n) is 2.87. The van der Waals surface area contributed by atoms with Gasteiger partial charge in [-0.2, -0.15) is 11.6 Å². The largest absolute Gasteiger partial charge is 0.404 e. The Labute approximate surface area is 114 Å². The number of rotatable bonds is 1. The maximum Gasteiger partial charge on any atom is 0.0632 e. The van der Waals surface area contributed by atoms with Crippen LogP contribution in [0.1, 0.15) is 0 Å². The summed E-state index contributed by atoms with van der Waals surface area (Å²) in [6.07, 6.45) is 2.76. The number of pyridine rings is 1. The SMILES string of the molecule is Clc1c[c-]nc(N2CCOCC2)c1.[Y]. The van der Waals surface area contributed by atoms with Crippen molar-refractivity contribution >= 4 is 17.4 Å². The third kappa shape index (κ3) is 3.16. The van der Waals surface area contributed by atoms with Gasteiger partial charge in [-0.3, -0.25) is 0 Å². The first kappa shape index (κ1) is 12.4. The summed E-state index contributed by atoms with van der Waals surface area (Å²) < 4.78 is 5.24. The molecule has 1 radical (unpaired) electrons. The van der Waals surface area contributed by atoms with E-state index in [0.29, 0.717) is 5.02 Å². The van der Waals surface area contributed by atoms with Gasteiger partial charge in [-0.1, -0.05) is 11.2 Å². The van der Waals surface area contributed by atoms with Gasteiger partial charge < -0.3 is 14.6 Å². The molecule has 2 heterocycles. The van der Waals surface area contributed by atoms with Crippen molar-refractivity contribution in [2.24, 2.45) is 0 Å². The summed E-state index contributed by atoms with van der Waals surface area (Å²) in [5.74, 6) is 0.885. The second kappa shape index (κ2) is 6.01. The summed E-state index contributed by atoms with van der Waals surface area (Å²) in [4.78, 5) is 6.27. The number of hydrogen-bond donors (Lipinski definition) is 0. The predicted octanol–water partition coefficient (Wildman–Crippen LogP) is 1.37. The summed E-state index contributed by atoms with van der Waals surface area (Å²) in [5, 5.41) is 0.677. The molecule has 0 bridgehead atoms. The van der Waals surface area contributed by atoms with Crippen molar-refractivity contribution in [1.82, 2.24) is 4.98 Å². The van der Waals surface area contributed by atoms with Gasteiger partial charge in [0.15, 0.2) is 0 Å². The van der Waals surface area contributed by atoms with Crippen LogP contribution in [-0.4, -0.2) is 31.3 Å². The van der Waals surface area contributed by atoms with Crippen LogP contribution in [0, 0.1) is 6.20 Å². The van der Waals surface area contributed by atoms with Crippen LogP contribution < -0.4 is 4.90 Å². The van der Waals surface area contributed by atoms with Crippen molar-refractivity contribution in [3.05, 3.63) is 23.4 Å². The van der Waals surface area contributed by atoms with Gasteiger partial charge in [-0.25, -0.2) is 0 Å². The van der Waals surface area contributed by atoms with E-state index in [-0.39, 0.29) is 32.7 Å². The van der Waals surface area contributed by atoms with Gasteiger partial charge in [0.1, 0.15) is 0 Å². The zero-order valence-electron chi connectivity index (χ0n) is 7.74. The Bertz CT molecular complexity index is 292. The van der Waals surface area contributed by atoms with Crippen molar-refractivity contribution in [2.75, 3.05) is 31.2 Å². The summed E-state index contributed by atoms with van der Waals surface area (Å²) >= 11 is 5.83. The Morgan fingerprint density at radius 2 is 2.14 bits per heavy atom. The molecule has 1 aromatic heterocycles. The Morgan fingerprint density at radius 1 is 1.43 bits per heavy atom. The van der Waals surface area contributed by atoms with Gasteiger partial charge in [0.25, 0.3) is 0 Å². The number of morpholine rings is 1. The molecule has 1 aliphatic rings. The van der Waals surface area contributed by atoms with Gasteiger partial charge in [0, 0.05) is 51.6 Å². The second-order valence-corrected chi connectivity index (χ2v) is 3.31. The van der Waals surface area contributed by atoms with Crippen molar-refractivity contribution < 1.29 is 37.4 Å². The summed E-state index contributed by atoms with van der Waals surface area (Å²) in [6, 6.07) is 3.51. The summed E-state index contributed by atoms with van der Waals surface area (Å²) in [5.41, 5.74) is 0. The van der Waals surface area contributed by atoms with Crippen LogP contribution in [0.2, 0.25) is 5.02 Å². The molecule has 3 nitrogen and oxygen atoms in total. The van der Waals surface area contributed by atoms with E-state index in [1.165, 1.54) is 0 Å². The van der Waals surface area contributed by atoms with Gasteiger partial charge in [-0.15, -0.1) is 12.1 Å². The van der Waals surface area contributed by atoms with Gasteiger partial charge in [0.2, 0.25) is 0 Å². The van der Waals surface area contributed by atoms with E-state index in [1.807, 2.05) is 6.07 Å². The molecule has 0 N–H and O–H groups in total. The number of halogens is 1. The third-order valence-electron chi connectivity index (χ3n) is 1.98. The first-order chi connectivity index (χ1) is 6.36. The van der Waals surface area contributed by atoms with E-state index in [4.69, 9.17) is 16.3 Å². The van der Waals surface area contributed by atoms with Crippen LogP contribution in [0.25, 0.3) is 0 Å². The van der Waals surface area contributed by atoms with Crippen LogP contribution in [0.3, 0.4) is 0 Å². The normalized spacial score (nSPS) is 16.2. The van der Waals surface area contributed by atoms with Crippen LogP contribution in [0.5, 0.6) is 0 Å². The van der Waals surface area contributed by atoms with E-state index in [9.17, 15) is 0 Å². The van der Waals surface area contributed by atoms with Crippen molar-refractivity contribution in [3.63, 3.8) is 0 Å². The number of hydrogen-bond acceptors (Lipinski definition) is 3. The molecule has 14 heavy (non-hydrogen) atoms. The van der Waals surface area contributed by atoms with E-state index < -0.39 is 0 Å². The quantitative estimate of drug-likeness (QED) is 0.729. The van der Waals surface area contributed by atoms with E-state index in [1.54, 1.807) is 6.07 Å². The zero-order chi connectivity index (χ0) is 9.10. The van der Waals surface area contributed by atoms with Gasteiger partial charge in [0.05, 0.1) is 13.2 Å². The number of aromatic nitrogens is 1. The molecule has 2 rings (SSSR count). The molecular weight excluding hydrogens is 276 g/mol. The van der Waals surface area contributed by atoms with Crippen LogP contribution >= 0.6 is 11.6 Å². The fourth-order valence-corrected chi connectivity index (χ4v) is 1.46. The Kier molecular flexibility index (Phi) is 5.31. The molecule has 0 saturated carbocycles. The van der Waals surface area contributed by atoms with E-state index >= 15 is 0 Å². The minimum absolute atomic E-state index is 0. The smallest absolute Gasteiger partial charge is 0.0632 e. The number of ether oxygens (including phenoxy) is 1. The third-order valence-corrected chi connectivity index (χ3v) is 2.20. The van der Waals surface area contributed by atoms with E-state index in [2.05, 4.69) is 16.1 Å². The average molecular weight is 287 g/mol. The first-order valence-corrected chi connectivity index (χ1v) is 4.60. The number of anilines is 1. The van der Waals surface area contributed by atoms with Crippen molar-refractivity contribution in [2.45, 2.75) is 0 Å². The fraction of sp³-hybridized carbons (Fsp3) is 0.444. The molecule has 1 fully saturated rings. The minimum Gasteiger partial charge on any atom is -0.404 e. The summed E-state index contributed by atoms with van der Waals surface area (Å²) in [7, 11) is 0. The monoisotopic (exact) mass is 286 g/mol. The zero-order valence-corrected chi connectivity index (χ0v) is 11.3. The van der Waals surface area contributed by atoms with Gasteiger partial charge >= 0.3 is 0 Å². The first-order valence-electron chi connectivity index (χ1n) is 4.22. The molecule has 0 aliphatic carbocycles. The van der Waals surface area contributed by atoms with Crippen LogP contribution in [0.4, 0.5) is 5.82 Å². The standard InChI is InChI=1S/C9H10ClN2O.Y/c10-8-1-2-11-9(7-8)12-3-5-13-6-4-12;/h1,7H,3-6H2;/q-1;. The molecule has 0 unspecified atom stereocenters. The van der Waals surface area contributed by atoms with Crippen LogP contribution in [-0.2, 0) is 37.4 Å². The topological polar surface area (TPSA) is 25.4 Å². The molecule has 73 valence electrons. The molecular formula is C9H10ClN2OY-. The Hall–Kier alpha value is 0.304. The maximum atomic E-state index is 5.83. The average Bonchev–Trinajstić information content (AvgIpc) is 2.19. The minimum atomic E-state index is 0. The Morgan fingerprint density at radius 3 is 2.79 bits per heavy atom. The van der Waals surface area contributed by atoms with Crippen LogP contribution in [0.15, 0.2) is 12.1 Å². The van der Waals surface area contributed by atoms with E-state index in [0.717, 1.165) is 32.1 Å². The fourth-order valence-electron chi connectivity index (χ4n) is 1.31. The molecule has 0 atom stereocenters. The maximum absolute atomic E-state index is 5.83. The molecule has 1 aliphatic heterocycles. The predicted molar refractivity (Wildman–Crippen MR) is 51.1 cm³/mol. The molecule has 5 heteroatoms. The molecule has 1 saturated heterocycles. The summed E-state index contributed by atoms with van der Waals surface area (Å²) in [6.45, 7) is 3.27. The molecule has 0 aromatic carbocycles. The number of nitrogens with zero attached hydrogens (tertiary/aromatic N) is 2. The van der Waals surface area contributed by atoms with Crippen molar-refractivity contribution in [3.8, 4) is 0 Å². The van der Waals surface area contributed by atoms with Gasteiger partial charge in [-0.05, 0) is 0 Å². The van der Waals surface area contributed by atoms with Crippen molar-refractivity contribution in [1.29, 1.82) is 0 Å². The molecule has 0 spiro atoms.